The number of aliphatic imine (C=N–C) groups is 1. The Bertz CT molecular complexity index is 623. The first-order chi connectivity index (χ1) is 11.7. The molecule has 4 heteroatoms. The summed E-state index contributed by atoms with van der Waals surface area (Å²) < 4.78 is 5.18. The quantitative estimate of drug-likeness (QED) is 0.579. The molecule has 0 radical (unpaired) electrons. The van der Waals surface area contributed by atoms with Crippen LogP contribution >= 0.6 is 0 Å². The van der Waals surface area contributed by atoms with E-state index in [1.54, 1.807) is 7.11 Å². The number of benzene rings is 2. The number of hydrogen-bond acceptors (Lipinski definition) is 2. The van der Waals surface area contributed by atoms with Crippen LogP contribution in [0.15, 0.2) is 59.6 Å². The average molecular weight is 325 g/mol. The number of hydrogen-bond donors (Lipinski definition) is 2. The maximum atomic E-state index is 5.94. The van der Waals surface area contributed by atoms with Crippen molar-refractivity contribution in [3.05, 3.63) is 65.7 Å². The molecule has 3 N–H and O–H groups in total. The van der Waals surface area contributed by atoms with Crippen molar-refractivity contribution in [2.45, 2.75) is 19.8 Å². The van der Waals surface area contributed by atoms with Crippen LogP contribution in [0.4, 0.5) is 0 Å². The molecular weight excluding hydrogens is 298 g/mol. The van der Waals surface area contributed by atoms with Crippen LogP contribution in [0.3, 0.4) is 0 Å². The molecule has 0 fully saturated rings. The molecule has 0 bridgehead atoms. The number of ether oxygens (including phenoxy) is 1. The highest BCUT2D eigenvalue weighted by molar-refractivity contribution is 5.77. The van der Waals surface area contributed by atoms with Gasteiger partial charge >= 0.3 is 0 Å². The maximum absolute atomic E-state index is 5.94. The third kappa shape index (κ3) is 6.32. The van der Waals surface area contributed by atoms with Crippen LogP contribution in [0.5, 0.6) is 5.75 Å². The first-order valence-corrected chi connectivity index (χ1v) is 8.38. The molecule has 24 heavy (non-hydrogen) atoms. The van der Waals surface area contributed by atoms with Gasteiger partial charge in [0, 0.05) is 13.1 Å². The minimum atomic E-state index is 0.438. The molecule has 2 aromatic carbocycles. The van der Waals surface area contributed by atoms with Gasteiger partial charge in [-0.1, -0.05) is 49.4 Å². The van der Waals surface area contributed by atoms with Gasteiger partial charge in [-0.2, -0.15) is 0 Å². The van der Waals surface area contributed by atoms with E-state index in [0.29, 0.717) is 11.9 Å². The molecule has 0 spiro atoms. The minimum absolute atomic E-state index is 0.438. The fraction of sp³-hybridized carbons (Fsp3) is 0.350. The molecule has 2 aromatic rings. The first kappa shape index (κ1) is 17.9. The number of rotatable bonds is 8. The number of nitrogens with two attached hydrogens (primary N) is 1. The lowest BCUT2D eigenvalue weighted by molar-refractivity contribution is 0.414. The van der Waals surface area contributed by atoms with Gasteiger partial charge in [0.15, 0.2) is 5.96 Å². The first-order valence-electron chi connectivity index (χ1n) is 8.38. The molecule has 0 aliphatic rings. The number of guanidine groups is 1. The van der Waals surface area contributed by atoms with Crippen molar-refractivity contribution in [3.8, 4) is 5.75 Å². The molecule has 0 aliphatic heterocycles. The number of nitrogens with one attached hydrogen (secondary N) is 1. The van der Waals surface area contributed by atoms with Gasteiger partial charge in [0.1, 0.15) is 5.75 Å². The predicted octanol–water partition coefficient (Wildman–Crippen LogP) is 3.02. The molecule has 0 amide bonds. The Hall–Kier alpha value is -2.49. The molecule has 0 saturated carbocycles. The summed E-state index contributed by atoms with van der Waals surface area (Å²) in [5.74, 6) is 1.84. The summed E-state index contributed by atoms with van der Waals surface area (Å²) >= 11 is 0. The van der Waals surface area contributed by atoms with E-state index in [0.717, 1.165) is 31.7 Å². The number of methoxy groups -OCH3 is 1. The molecule has 0 aromatic heterocycles. The zero-order valence-corrected chi connectivity index (χ0v) is 14.5. The molecule has 1 unspecified atom stereocenters. The molecule has 0 heterocycles. The Morgan fingerprint density at radius 3 is 2.46 bits per heavy atom. The van der Waals surface area contributed by atoms with E-state index in [1.807, 2.05) is 30.3 Å². The van der Waals surface area contributed by atoms with E-state index in [-0.39, 0.29) is 0 Å². The van der Waals surface area contributed by atoms with Gasteiger partial charge in [0.25, 0.3) is 0 Å². The smallest absolute Gasteiger partial charge is 0.188 e. The summed E-state index contributed by atoms with van der Waals surface area (Å²) in [5.41, 5.74) is 8.52. The highest BCUT2D eigenvalue weighted by Gasteiger charge is 2.04. The summed E-state index contributed by atoms with van der Waals surface area (Å²) in [6.07, 6.45) is 1.92. The molecule has 2 rings (SSSR count). The average Bonchev–Trinajstić information content (AvgIpc) is 2.61. The van der Waals surface area contributed by atoms with Crippen molar-refractivity contribution in [3.63, 3.8) is 0 Å². The summed E-state index contributed by atoms with van der Waals surface area (Å²) in [6.45, 7) is 3.70. The fourth-order valence-electron chi connectivity index (χ4n) is 2.52. The molecule has 1 atom stereocenters. The summed E-state index contributed by atoms with van der Waals surface area (Å²) in [7, 11) is 1.68. The zero-order valence-electron chi connectivity index (χ0n) is 14.5. The van der Waals surface area contributed by atoms with Crippen molar-refractivity contribution < 1.29 is 4.74 Å². The van der Waals surface area contributed by atoms with Crippen LogP contribution in [0, 0.1) is 5.92 Å². The van der Waals surface area contributed by atoms with Gasteiger partial charge < -0.3 is 15.8 Å². The molecule has 0 saturated heterocycles. The van der Waals surface area contributed by atoms with Crippen LogP contribution in [0.1, 0.15) is 18.1 Å². The van der Waals surface area contributed by atoms with Crippen molar-refractivity contribution in [2.24, 2.45) is 16.6 Å². The summed E-state index contributed by atoms with van der Waals surface area (Å²) in [4.78, 5) is 4.44. The van der Waals surface area contributed by atoms with E-state index in [9.17, 15) is 0 Å². The third-order valence-electron chi connectivity index (χ3n) is 3.88. The van der Waals surface area contributed by atoms with Crippen LogP contribution < -0.4 is 15.8 Å². The van der Waals surface area contributed by atoms with Crippen LogP contribution in [-0.4, -0.2) is 26.2 Å². The van der Waals surface area contributed by atoms with E-state index in [4.69, 9.17) is 10.5 Å². The van der Waals surface area contributed by atoms with E-state index >= 15 is 0 Å². The molecule has 4 nitrogen and oxygen atoms in total. The van der Waals surface area contributed by atoms with Gasteiger partial charge in [-0.25, -0.2) is 0 Å². The van der Waals surface area contributed by atoms with Gasteiger partial charge in [0.2, 0.25) is 0 Å². The van der Waals surface area contributed by atoms with Gasteiger partial charge in [0.05, 0.1) is 7.11 Å². The van der Waals surface area contributed by atoms with E-state index < -0.39 is 0 Å². The molecule has 128 valence electrons. The van der Waals surface area contributed by atoms with Crippen LogP contribution in [0.25, 0.3) is 0 Å². The minimum Gasteiger partial charge on any atom is -0.497 e. The van der Waals surface area contributed by atoms with Crippen LogP contribution in [0.2, 0.25) is 0 Å². The van der Waals surface area contributed by atoms with Crippen molar-refractivity contribution in [1.29, 1.82) is 0 Å². The Labute approximate surface area is 144 Å². The lowest BCUT2D eigenvalue weighted by atomic mass is 10.0. The second-order valence-corrected chi connectivity index (χ2v) is 6.05. The van der Waals surface area contributed by atoms with E-state index in [2.05, 4.69) is 41.5 Å². The third-order valence-corrected chi connectivity index (χ3v) is 3.88. The highest BCUT2D eigenvalue weighted by atomic mass is 16.5. The van der Waals surface area contributed by atoms with Crippen molar-refractivity contribution >= 4 is 5.96 Å². The highest BCUT2D eigenvalue weighted by Crippen LogP contribution is 2.14. The topological polar surface area (TPSA) is 59.6 Å². The summed E-state index contributed by atoms with van der Waals surface area (Å²) in [6, 6.07) is 18.5. The lowest BCUT2D eigenvalue weighted by Gasteiger charge is -2.11. The number of nitrogens with zero attached hydrogens (tertiary/aromatic N) is 1. The SMILES string of the molecule is COc1ccc(CC(C)CN=C(N)NCCc2ccccc2)cc1. The Balaban J connectivity index is 1.70. The van der Waals surface area contributed by atoms with Crippen molar-refractivity contribution in [2.75, 3.05) is 20.2 Å². The largest absolute Gasteiger partial charge is 0.497 e. The van der Waals surface area contributed by atoms with Crippen molar-refractivity contribution in [1.82, 2.24) is 5.32 Å². The van der Waals surface area contributed by atoms with E-state index in [1.165, 1.54) is 11.1 Å². The Kier molecular flexibility index (Phi) is 7.15. The van der Waals surface area contributed by atoms with Gasteiger partial charge in [-0.05, 0) is 42.0 Å². The fourth-order valence-corrected chi connectivity index (χ4v) is 2.52. The van der Waals surface area contributed by atoms with Crippen LogP contribution in [-0.2, 0) is 12.8 Å². The maximum Gasteiger partial charge on any atom is 0.188 e. The Morgan fingerprint density at radius 2 is 1.79 bits per heavy atom. The van der Waals surface area contributed by atoms with Gasteiger partial charge in [-0.3, -0.25) is 4.99 Å². The summed E-state index contributed by atoms with van der Waals surface area (Å²) in [5, 5.41) is 3.18. The lowest BCUT2D eigenvalue weighted by Crippen LogP contribution is -2.33. The Morgan fingerprint density at radius 1 is 1.08 bits per heavy atom. The second-order valence-electron chi connectivity index (χ2n) is 6.05. The molecule has 0 aliphatic carbocycles. The zero-order chi connectivity index (χ0) is 17.2. The molecular formula is C20H27N3O. The predicted molar refractivity (Wildman–Crippen MR) is 101 cm³/mol. The normalized spacial score (nSPS) is 12.7. The monoisotopic (exact) mass is 325 g/mol. The standard InChI is InChI=1S/C20H27N3O/c1-16(14-18-8-10-19(24-2)11-9-18)15-23-20(21)22-13-12-17-6-4-3-5-7-17/h3-11,16H,12-15H2,1-2H3,(H3,21,22,23). The van der Waals surface area contributed by atoms with Gasteiger partial charge in [-0.15, -0.1) is 0 Å². The second kappa shape index (κ2) is 9.60.